The SMILES string of the molecule is O=Cc1nc(I)cc(C(F)F)c1I. The second-order valence-corrected chi connectivity index (χ2v) is 4.34. The molecule has 0 spiro atoms. The van der Waals surface area contributed by atoms with Crippen LogP contribution in [-0.2, 0) is 0 Å². The molecule has 1 aromatic heterocycles. The van der Waals surface area contributed by atoms with Gasteiger partial charge in [-0.25, -0.2) is 13.8 Å². The first-order valence-corrected chi connectivity index (χ1v) is 5.31. The summed E-state index contributed by atoms with van der Waals surface area (Å²) in [6.45, 7) is 0. The molecule has 0 amide bonds. The van der Waals surface area contributed by atoms with E-state index in [4.69, 9.17) is 0 Å². The van der Waals surface area contributed by atoms with Gasteiger partial charge < -0.3 is 0 Å². The van der Waals surface area contributed by atoms with Crippen molar-refractivity contribution in [2.45, 2.75) is 6.43 Å². The highest BCUT2D eigenvalue weighted by molar-refractivity contribution is 14.1. The minimum atomic E-state index is -2.57. The first kappa shape index (κ1) is 11.2. The highest BCUT2D eigenvalue weighted by Gasteiger charge is 2.16. The van der Waals surface area contributed by atoms with Crippen molar-refractivity contribution in [3.8, 4) is 0 Å². The second-order valence-electron chi connectivity index (χ2n) is 2.15. The molecule has 0 aliphatic heterocycles. The fourth-order valence-electron chi connectivity index (χ4n) is 0.773. The number of hydrogen-bond donors (Lipinski definition) is 0. The van der Waals surface area contributed by atoms with Crippen LogP contribution in [0.15, 0.2) is 6.07 Å². The van der Waals surface area contributed by atoms with E-state index in [0.29, 0.717) is 9.99 Å². The van der Waals surface area contributed by atoms with Gasteiger partial charge in [0.25, 0.3) is 6.43 Å². The Bertz CT molecular complexity index is 344. The van der Waals surface area contributed by atoms with Crippen molar-refractivity contribution < 1.29 is 13.6 Å². The number of carbonyl (C=O) groups excluding carboxylic acids is 1. The number of halogens is 4. The summed E-state index contributed by atoms with van der Waals surface area (Å²) in [5, 5.41) is 0. The van der Waals surface area contributed by atoms with Crippen molar-refractivity contribution in [2.24, 2.45) is 0 Å². The van der Waals surface area contributed by atoms with Gasteiger partial charge in [0.15, 0.2) is 6.29 Å². The van der Waals surface area contributed by atoms with Crippen molar-refractivity contribution in [3.05, 3.63) is 24.6 Å². The zero-order valence-electron chi connectivity index (χ0n) is 6.10. The Morgan fingerprint density at radius 2 is 2.08 bits per heavy atom. The summed E-state index contributed by atoms with van der Waals surface area (Å²) in [5.74, 6) is 0. The molecule has 0 aliphatic rings. The Hall–Kier alpha value is 0.140. The van der Waals surface area contributed by atoms with E-state index in [1.165, 1.54) is 6.07 Å². The molecule has 2 nitrogen and oxygen atoms in total. The third-order valence-electron chi connectivity index (χ3n) is 1.33. The molecule has 13 heavy (non-hydrogen) atoms. The molecule has 0 fully saturated rings. The predicted molar refractivity (Wildman–Crippen MR) is 60.0 cm³/mol. The number of hydrogen-bond acceptors (Lipinski definition) is 2. The van der Waals surface area contributed by atoms with Gasteiger partial charge in [-0.05, 0) is 51.2 Å². The molecule has 1 rings (SSSR count). The van der Waals surface area contributed by atoms with Gasteiger partial charge in [-0.1, -0.05) is 0 Å². The molecule has 1 heterocycles. The average molecular weight is 409 g/mol. The van der Waals surface area contributed by atoms with E-state index in [-0.39, 0.29) is 14.8 Å². The molecule has 6 heteroatoms. The van der Waals surface area contributed by atoms with Gasteiger partial charge in [-0.15, -0.1) is 0 Å². The third-order valence-corrected chi connectivity index (χ3v) is 3.05. The molecule has 1 aromatic rings. The molecule has 0 unspecified atom stereocenters. The molecular formula is C7H3F2I2NO. The first-order valence-electron chi connectivity index (χ1n) is 3.15. The summed E-state index contributed by atoms with van der Waals surface area (Å²) in [6.07, 6.45) is -2.09. The van der Waals surface area contributed by atoms with E-state index in [1.807, 2.05) is 0 Å². The first-order chi connectivity index (χ1) is 6.06. The topological polar surface area (TPSA) is 30.0 Å². The number of carbonyl (C=O) groups is 1. The summed E-state index contributed by atoms with van der Waals surface area (Å²) >= 11 is 3.49. The second kappa shape index (κ2) is 4.58. The maximum atomic E-state index is 12.4. The smallest absolute Gasteiger partial charge is 0.265 e. The summed E-state index contributed by atoms with van der Waals surface area (Å²) in [4.78, 5) is 14.3. The van der Waals surface area contributed by atoms with Gasteiger partial charge in [-0.3, -0.25) is 4.79 Å². The molecule has 0 aliphatic carbocycles. The maximum Gasteiger partial charge on any atom is 0.265 e. The van der Waals surface area contributed by atoms with Crippen molar-refractivity contribution in [1.29, 1.82) is 0 Å². The minimum absolute atomic E-state index is 0.0720. The highest BCUT2D eigenvalue weighted by atomic mass is 127. The number of alkyl halides is 2. The Morgan fingerprint density at radius 3 is 2.54 bits per heavy atom. The van der Waals surface area contributed by atoms with Crippen LogP contribution in [0.2, 0.25) is 0 Å². The Kier molecular flexibility index (Phi) is 3.95. The monoisotopic (exact) mass is 409 g/mol. The molecule has 0 saturated heterocycles. The molecule has 0 aromatic carbocycles. The number of nitrogens with zero attached hydrogens (tertiary/aromatic N) is 1. The maximum absolute atomic E-state index is 12.4. The summed E-state index contributed by atoms with van der Waals surface area (Å²) in [6, 6.07) is 1.28. The van der Waals surface area contributed by atoms with Crippen LogP contribution in [0.3, 0.4) is 0 Å². The average Bonchev–Trinajstić information content (AvgIpc) is 2.08. The number of pyridine rings is 1. The lowest BCUT2D eigenvalue weighted by Gasteiger charge is -2.05. The van der Waals surface area contributed by atoms with Crippen LogP contribution >= 0.6 is 45.2 Å². The van der Waals surface area contributed by atoms with Gasteiger partial charge in [0.05, 0.1) is 3.57 Å². The van der Waals surface area contributed by atoms with E-state index in [1.54, 1.807) is 45.2 Å². The van der Waals surface area contributed by atoms with Crippen LogP contribution in [-0.4, -0.2) is 11.3 Å². The minimum Gasteiger partial charge on any atom is -0.296 e. The van der Waals surface area contributed by atoms with Gasteiger partial charge in [0.2, 0.25) is 0 Å². The van der Waals surface area contributed by atoms with Crippen molar-refractivity contribution in [2.75, 3.05) is 0 Å². The fourth-order valence-corrected chi connectivity index (χ4v) is 2.01. The van der Waals surface area contributed by atoms with E-state index in [9.17, 15) is 13.6 Å². The molecule has 0 N–H and O–H groups in total. The van der Waals surface area contributed by atoms with Crippen molar-refractivity contribution in [3.63, 3.8) is 0 Å². The van der Waals surface area contributed by atoms with Crippen LogP contribution in [0.4, 0.5) is 8.78 Å². The fraction of sp³-hybridized carbons (Fsp3) is 0.143. The van der Waals surface area contributed by atoms with Gasteiger partial charge in [-0.2, -0.15) is 0 Å². The largest absolute Gasteiger partial charge is 0.296 e. The summed E-state index contributed by atoms with van der Waals surface area (Å²) in [7, 11) is 0. The molecular weight excluding hydrogens is 406 g/mol. The molecule has 0 bridgehead atoms. The number of aromatic nitrogens is 1. The summed E-state index contributed by atoms with van der Waals surface area (Å²) < 4.78 is 25.4. The number of rotatable bonds is 2. The van der Waals surface area contributed by atoms with Crippen LogP contribution in [0.5, 0.6) is 0 Å². The van der Waals surface area contributed by atoms with Gasteiger partial charge in [0, 0.05) is 5.56 Å². The lowest BCUT2D eigenvalue weighted by molar-refractivity contribution is 0.111. The van der Waals surface area contributed by atoms with E-state index in [2.05, 4.69) is 4.98 Å². The Labute approximate surface area is 100 Å². The molecule has 0 saturated carbocycles. The standard InChI is InChI=1S/C7H3F2I2NO/c8-7(9)3-1-5(10)12-4(2-13)6(3)11/h1-2,7H. The number of aldehydes is 1. The highest BCUT2D eigenvalue weighted by Crippen LogP contribution is 2.26. The van der Waals surface area contributed by atoms with Crippen molar-refractivity contribution in [1.82, 2.24) is 4.98 Å². The van der Waals surface area contributed by atoms with Crippen LogP contribution in [0.25, 0.3) is 0 Å². The van der Waals surface area contributed by atoms with Crippen LogP contribution < -0.4 is 0 Å². The van der Waals surface area contributed by atoms with Crippen LogP contribution in [0, 0.1) is 7.27 Å². The molecule has 0 radical (unpaired) electrons. The lowest BCUT2D eigenvalue weighted by Crippen LogP contribution is -2.00. The molecule has 70 valence electrons. The molecule has 0 atom stereocenters. The third kappa shape index (κ3) is 2.55. The zero-order valence-corrected chi connectivity index (χ0v) is 10.4. The van der Waals surface area contributed by atoms with E-state index in [0.717, 1.165) is 0 Å². The lowest BCUT2D eigenvalue weighted by atomic mass is 10.2. The Balaban J connectivity index is 3.35. The summed E-state index contributed by atoms with van der Waals surface area (Å²) in [5.41, 5.74) is -0.0649. The van der Waals surface area contributed by atoms with Crippen molar-refractivity contribution >= 4 is 51.5 Å². The van der Waals surface area contributed by atoms with E-state index < -0.39 is 6.43 Å². The quantitative estimate of drug-likeness (QED) is 0.427. The van der Waals surface area contributed by atoms with Gasteiger partial charge in [0.1, 0.15) is 9.39 Å². The predicted octanol–water partition coefficient (Wildman–Crippen LogP) is 3.04. The van der Waals surface area contributed by atoms with E-state index >= 15 is 0 Å². The normalized spacial score (nSPS) is 10.5. The van der Waals surface area contributed by atoms with Crippen LogP contribution in [0.1, 0.15) is 22.5 Å². The zero-order chi connectivity index (χ0) is 10.0. The Morgan fingerprint density at radius 1 is 1.46 bits per heavy atom. The van der Waals surface area contributed by atoms with Gasteiger partial charge >= 0.3 is 0 Å².